The summed E-state index contributed by atoms with van der Waals surface area (Å²) in [6.45, 7) is 1.71. The van der Waals surface area contributed by atoms with E-state index >= 15 is 0 Å². The highest BCUT2D eigenvalue weighted by atomic mass is 79.9. The summed E-state index contributed by atoms with van der Waals surface area (Å²) >= 11 is 3.35. The van der Waals surface area contributed by atoms with Gasteiger partial charge in [-0.15, -0.1) is 0 Å². The van der Waals surface area contributed by atoms with Crippen molar-refractivity contribution < 1.29 is 9.72 Å². The van der Waals surface area contributed by atoms with Crippen molar-refractivity contribution in [1.82, 2.24) is 14.5 Å². The Morgan fingerprint density at radius 2 is 1.87 bits per heavy atom. The molecule has 2 heterocycles. The number of piperazine rings is 1. The van der Waals surface area contributed by atoms with Gasteiger partial charge in [-0.2, -0.15) is 0 Å². The Kier molecular flexibility index (Phi) is 5.49. The monoisotopic (exact) mass is 471 g/mol. The van der Waals surface area contributed by atoms with Crippen LogP contribution in [0.3, 0.4) is 0 Å². The molecule has 154 valence electrons. The van der Waals surface area contributed by atoms with Gasteiger partial charge in [0.25, 0.3) is 11.2 Å². The summed E-state index contributed by atoms with van der Waals surface area (Å²) in [7, 11) is 0. The number of nitro benzene ring substituents is 1. The second kappa shape index (κ2) is 8.23. The van der Waals surface area contributed by atoms with Gasteiger partial charge in [0.15, 0.2) is 0 Å². The average Bonchev–Trinajstić information content (AvgIpc) is 2.76. The Morgan fingerprint density at radius 3 is 2.60 bits per heavy atom. The van der Waals surface area contributed by atoms with Crippen LogP contribution in [0.15, 0.2) is 58.1 Å². The Bertz CT molecular complexity index is 1190. The van der Waals surface area contributed by atoms with Crippen LogP contribution in [-0.2, 0) is 11.3 Å². The first-order valence-electron chi connectivity index (χ1n) is 9.35. The number of anilines is 1. The summed E-state index contributed by atoms with van der Waals surface area (Å²) in [4.78, 5) is 44.1. The fourth-order valence-electron chi connectivity index (χ4n) is 3.57. The molecule has 0 saturated carbocycles. The first-order chi connectivity index (χ1) is 14.4. The number of carbonyl (C=O) groups excluding carboxylic acids is 1. The smallest absolute Gasteiger partial charge is 0.292 e. The lowest BCUT2D eigenvalue weighted by molar-refractivity contribution is -0.384. The van der Waals surface area contributed by atoms with Crippen LogP contribution in [0.4, 0.5) is 11.4 Å². The van der Waals surface area contributed by atoms with Crippen LogP contribution in [0.1, 0.15) is 0 Å². The van der Waals surface area contributed by atoms with Gasteiger partial charge in [-0.3, -0.25) is 24.3 Å². The van der Waals surface area contributed by atoms with Gasteiger partial charge in [-0.05, 0) is 24.3 Å². The van der Waals surface area contributed by atoms with Crippen LogP contribution in [-0.4, -0.2) is 51.5 Å². The first-order valence-corrected chi connectivity index (χ1v) is 10.1. The van der Waals surface area contributed by atoms with Crippen molar-refractivity contribution in [3.05, 3.63) is 73.7 Å². The molecule has 0 N–H and O–H groups in total. The van der Waals surface area contributed by atoms with Crippen molar-refractivity contribution in [2.45, 2.75) is 6.54 Å². The number of amides is 1. The van der Waals surface area contributed by atoms with Gasteiger partial charge in [0.2, 0.25) is 5.91 Å². The molecule has 9 nitrogen and oxygen atoms in total. The van der Waals surface area contributed by atoms with Gasteiger partial charge in [-0.25, -0.2) is 4.98 Å². The third kappa shape index (κ3) is 3.90. The van der Waals surface area contributed by atoms with E-state index in [4.69, 9.17) is 0 Å². The number of hydrogen-bond donors (Lipinski definition) is 0. The van der Waals surface area contributed by atoms with Crippen LogP contribution in [0.5, 0.6) is 0 Å². The van der Waals surface area contributed by atoms with E-state index in [0.717, 1.165) is 4.47 Å². The number of hydrogen-bond acceptors (Lipinski definition) is 6. The highest BCUT2D eigenvalue weighted by Gasteiger charge is 2.25. The molecule has 1 aliphatic heterocycles. The highest BCUT2D eigenvalue weighted by Crippen LogP contribution is 2.28. The minimum atomic E-state index is -0.398. The summed E-state index contributed by atoms with van der Waals surface area (Å²) < 4.78 is 2.08. The second-order valence-corrected chi connectivity index (χ2v) is 7.87. The van der Waals surface area contributed by atoms with Crippen molar-refractivity contribution >= 4 is 44.1 Å². The molecule has 1 aromatic heterocycles. The lowest BCUT2D eigenvalue weighted by atomic mass is 10.2. The zero-order chi connectivity index (χ0) is 21.3. The predicted octanol–water partition coefficient (Wildman–Crippen LogP) is 2.42. The maximum absolute atomic E-state index is 12.7. The number of nitrogens with zero attached hydrogens (tertiary/aromatic N) is 5. The van der Waals surface area contributed by atoms with E-state index in [1.807, 2.05) is 4.90 Å². The van der Waals surface area contributed by atoms with Crippen LogP contribution >= 0.6 is 15.9 Å². The molecule has 10 heteroatoms. The number of para-hydroxylation sites is 2. The Labute approximate surface area is 179 Å². The number of aromatic nitrogens is 2. The summed E-state index contributed by atoms with van der Waals surface area (Å²) in [6.07, 6.45) is 1.39. The summed E-state index contributed by atoms with van der Waals surface area (Å²) in [5.74, 6) is -0.185. The second-order valence-electron chi connectivity index (χ2n) is 6.95. The molecule has 1 aliphatic rings. The average molecular weight is 472 g/mol. The van der Waals surface area contributed by atoms with E-state index in [9.17, 15) is 19.7 Å². The molecule has 0 radical (unpaired) electrons. The topological polar surface area (TPSA) is 102 Å². The minimum absolute atomic E-state index is 0.0530. The SMILES string of the molecule is O=C(Cn1cnc2ccc(Br)cc2c1=O)N1CCN(c2ccccc2[N+](=O)[O-])CC1. The van der Waals surface area contributed by atoms with Crippen molar-refractivity contribution in [2.75, 3.05) is 31.1 Å². The van der Waals surface area contributed by atoms with E-state index in [-0.39, 0.29) is 23.7 Å². The van der Waals surface area contributed by atoms with Gasteiger partial charge in [-0.1, -0.05) is 28.1 Å². The van der Waals surface area contributed by atoms with Crippen molar-refractivity contribution in [2.24, 2.45) is 0 Å². The van der Waals surface area contributed by atoms with Crippen molar-refractivity contribution in [3.8, 4) is 0 Å². The van der Waals surface area contributed by atoms with Crippen molar-refractivity contribution in [1.29, 1.82) is 0 Å². The van der Waals surface area contributed by atoms with Gasteiger partial charge in [0.05, 0.1) is 22.2 Å². The van der Waals surface area contributed by atoms with E-state index in [0.29, 0.717) is 42.8 Å². The summed E-state index contributed by atoms with van der Waals surface area (Å²) in [5, 5.41) is 11.7. The molecule has 1 amide bonds. The quantitative estimate of drug-likeness (QED) is 0.427. The van der Waals surface area contributed by atoms with Gasteiger partial charge in [0, 0.05) is 36.7 Å². The number of fused-ring (bicyclic) bond motifs is 1. The lowest BCUT2D eigenvalue weighted by Gasteiger charge is -2.35. The number of nitro groups is 1. The first kappa shape index (κ1) is 20.0. The highest BCUT2D eigenvalue weighted by molar-refractivity contribution is 9.10. The summed E-state index contributed by atoms with van der Waals surface area (Å²) in [6, 6.07) is 11.8. The summed E-state index contributed by atoms with van der Waals surface area (Å²) in [5.41, 5.74) is 0.908. The molecule has 2 aromatic carbocycles. The molecular formula is C20H18BrN5O4. The normalized spacial score (nSPS) is 14.2. The molecule has 30 heavy (non-hydrogen) atoms. The van der Waals surface area contributed by atoms with Crippen LogP contribution in [0.25, 0.3) is 10.9 Å². The Morgan fingerprint density at radius 1 is 1.13 bits per heavy atom. The Balaban J connectivity index is 1.46. The van der Waals surface area contributed by atoms with Gasteiger partial charge < -0.3 is 9.80 Å². The molecule has 0 unspecified atom stereocenters. The Hall–Kier alpha value is -3.27. The standard InChI is InChI=1S/C20H18BrN5O4/c21-14-5-6-16-15(11-14)20(28)25(13-22-16)12-19(27)24-9-7-23(8-10-24)17-3-1-2-4-18(17)26(29)30/h1-6,11,13H,7-10,12H2. The van der Waals surface area contributed by atoms with Crippen LogP contribution in [0, 0.1) is 10.1 Å². The fourth-order valence-corrected chi connectivity index (χ4v) is 3.93. The molecule has 3 aromatic rings. The molecular weight excluding hydrogens is 454 g/mol. The van der Waals surface area contributed by atoms with Gasteiger partial charge >= 0.3 is 0 Å². The van der Waals surface area contributed by atoms with E-state index < -0.39 is 4.92 Å². The number of benzene rings is 2. The molecule has 1 fully saturated rings. The molecule has 0 spiro atoms. The maximum atomic E-state index is 12.7. The number of rotatable bonds is 4. The minimum Gasteiger partial charge on any atom is -0.362 e. The third-order valence-electron chi connectivity index (χ3n) is 5.14. The van der Waals surface area contributed by atoms with Crippen LogP contribution < -0.4 is 10.5 Å². The number of carbonyl (C=O) groups is 1. The van der Waals surface area contributed by atoms with E-state index in [1.165, 1.54) is 17.0 Å². The molecule has 1 saturated heterocycles. The molecule has 0 atom stereocenters. The number of halogens is 1. The maximum Gasteiger partial charge on any atom is 0.292 e. The van der Waals surface area contributed by atoms with Crippen LogP contribution in [0.2, 0.25) is 0 Å². The third-order valence-corrected chi connectivity index (χ3v) is 5.64. The van der Waals surface area contributed by atoms with Crippen molar-refractivity contribution in [3.63, 3.8) is 0 Å². The molecule has 0 aliphatic carbocycles. The van der Waals surface area contributed by atoms with E-state index in [1.54, 1.807) is 41.3 Å². The zero-order valence-corrected chi connectivity index (χ0v) is 17.5. The lowest BCUT2D eigenvalue weighted by Crippen LogP contribution is -2.50. The molecule has 0 bridgehead atoms. The van der Waals surface area contributed by atoms with Gasteiger partial charge in [0.1, 0.15) is 12.2 Å². The predicted molar refractivity (Wildman–Crippen MR) is 116 cm³/mol. The zero-order valence-electron chi connectivity index (χ0n) is 15.9. The molecule has 4 rings (SSSR count). The largest absolute Gasteiger partial charge is 0.362 e. The fraction of sp³-hybridized carbons (Fsp3) is 0.250. The van der Waals surface area contributed by atoms with E-state index in [2.05, 4.69) is 20.9 Å².